The second-order valence-electron chi connectivity index (χ2n) is 6.73. The maximum atomic E-state index is 12.9. The van der Waals surface area contributed by atoms with Crippen molar-refractivity contribution in [2.45, 2.75) is 24.7 Å². The van der Waals surface area contributed by atoms with Crippen LogP contribution in [0.3, 0.4) is 0 Å². The number of carbonyl (C=O) groups excluding carboxylic acids is 1. The van der Waals surface area contributed by atoms with Crippen LogP contribution in [0.5, 0.6) is 5.75 Å². The SMILES string of the molecule is COc1ccc(NC(=O)[C@H]2CCCN(S(=O)(=O)c3ccc(C)cc3)C2)cc1. The highest BCUT2D eigenvalue weighted by molar-refractivity contribution is 7.89. The molecular formula is C20H24N2O4S. The number of hydrogen-bond donors (Lipinski definition) is 1. The minimum absolute atomic E-state index is 0.163. The van der Waals surface area contributed by atoms with Crippen LogP contribution in [-0.2, 0) is 14.8 Å². The van der Waals surface area contributed by atoms with Gasteiger partial charge in [0.15, 0.2) is 0 Å². The molecule has 3 rings (SSSR count). The smallest absolute Gasteiger partial charge is 0.243 e. The van der Waals surface area contributed by atoms with Crippen molar-refractivity contribution in [2.75, 3.05) is 25.5 Å². The molecule has 2 aromatic rings. The summed E-state index contributed by atoms with van der Waals surface area (Å²) in [5.74, 6) is 0.172. The lowest BCUT2D eigenvalue weighted by molar-refractivity contribution is -0.120. The summed E-state index contributed by atoms with van der Waals surface area (Å²) in [5, 5.41) is 2.87. The summed E-state index contributed by atoms with van der Waals surface area (Å²) in [6.45, 7) is 2.54. The first-order valence-electron chi connectivity index (χ1n) is 8.92. The van der Waals surface area contributed by atoms with Gasteiger partial charge in [0.05, 0.1) is 17.9 Å². The van der Waals surface area contributed by atoms with Crippen molar-refractivity contribution in [3.63, 3.8) is 0 Å². The van der Waals surface area contributed by atoms with E-state index in [1.807, 2.05) is 6.92 Å². The molecule has 1 fully saturated rings. The van der Waals surface area contributed by atoms with Gasteiger partial charge in [-0.2, -0.15) is 4.31 Å². The second-order valence-corrected chi connectivity index (χ2v) is 8.67. The van der Waals surface area contributed by atoms with Gasteiger partial charge in [0, 0.05) is 18.8 Å². The second kappa shape index (κ2) is 8.10. The van der Waals surface area contributed by atoms with Crippen molar-refractivity contribution in [1.82, 2.24) is 4.31 Å². The number of hydrogen-bond acceptors (Lipinski definition) is 4. The number of sulfonamides is 1. The average Bonchev–Trinajstić information content (AvgIpc) is 2.69. The van der Waals surface area contributed by atoms with E-state index in [0.717, 1.165) is 5.56 Å². The zero-order chi connectivity index (χ0) is 19.4. The summed E-state index contributed by atoms with van der Waals surface area (Å²) < 4.78 is 32.3. The van der Waals surface area contributed by atoms with Crippen LogP contribution < -0.4 is 10.1 Å². The highest BCUT2D eigenvalue weighted by atomic mass is 32.2. The number of rotatable bonds is 5. The first-order valence-corrected chi connectivity index (χ1v) is 10.4. The molecule has 6 nitrogen and oxygen atoms in total. The topological polar surface area (TPSA) is 75.7 Å². The molecule has 1 heterocycles. The maximum absolute atomic E-state index is 12.9. The van der Waals surface area contributed by atoms with Gasteiger partial charge in [-0.05, 0) is 56.2 Å². The monoisotopic (exact) mass is 388 g/mol. The van der Waals surface area contributed by atoms with Gasteiger partial charge in [0.25, 0.3) is 0 Å². The van der Waals surface area contributed by atoms with E-state index in [4.69, 9.17) is 4.74 Å². The highest BCUT2D eigenvalue weighted by Crippen LogP contribution is 2.25. The zero-order valence-corrected chi connectivity index (χ0v) is 16.3. The summed E-state index contributed by atoms with van der Waals surface area (Å²) in [7, 11) is -2.01. The molecule has 1 N–H and O–H groups in total. The van der Waals surface area contributed by atoms with Gasteiger partial charge in [-0.1, -0.05) is 17.7 Å². The summed E-state index contributed by atoms with van der Waals surface area (Å²) in [5.41, 5.74) is 1.67. The van der Waals surface area contributed by atoms with E-state index >= 15 is 0 Å². The number of nitrogens with zero attached hydrogens (tertiary/aromatic N) is 1. The molecule has 2 aromatic carbocycles. The van der Waals surface area contributed by atoms with Crippen molar-refractivity contribution in [3.05, 3.63) is 54.1 Å². The van der Waals surface area contributed by atoms with Crippen LogP contribution in [-0.4, -0.2) is 38.8 Å². The largest absolute Gasteiger partial charge is 0.497 e. The molecule has 0 bridgehead atoms. The van der Waals surface area contributed by atoms with E-state index in [1.54, 1.807) is 55.6 Å². The van der Waals surface area contributed by atoms with E-state index in [9.17, 15) is 13.2 Å². The number of amides is 1. The third-order valence-electron chi connectivity index (χ3n) is 4.77. The summed E-state index contributed by atoms with van der Waals surface area (Å²) >= 11 is 0. The van der Waals surface area contributed by atoms with Crippen molar-refractivity contribution in [2.24, 2.45) is 5.92 Å². The number of ether oxygens (including phenoxy) is 1. The third-order valence-corrected chi connectivity index (χ3v) is 6.65. The van der Waals surface area contributed by atoms with E-state index < -0.39 is 10.0 Å². The molecule has 144 valence electrons. The molecule has 27 heavy (non-hydrogen) atoms. The van der Waals surface area contributed by atoms with E-state index in [1.165, 1.54) is 4.31 Å². The van der Waals surface area contributed by atoms with Gasteiger partial charge >= 0.3 is 0 Å². The lowest BCUT2D eigenvalue weighted by Gasteiger charge is -2.31. The van der Waals surface area contributed by atoms with Crippen LogP contribution in [0, 0.1) is 12.8 Å². The standard InChI is InChI=1S/C20H24N2O4S/c1-15-5-11-19(12-6-15)27(24,25)22-13-3-4-16(14-22)20(23)21-17-7-9-18(26-2)10-8-17/h5-12,16H,3-4,13-14H2,1-2H3,(H,21,23)/t16-/m0/s1. The van der Waals surface area contributed by atoms with E-state index in [2.05, 4.69) is 5.32 Å². The van der Waals surface area contributed by atoms with Gasteiger partial charge in [-0.25, -0.2) is 8.42 Å². The quantitative estimate of drug-likeness (QED) is 0.854. The Morgan fingerprint density at radius 2 is 1.78 bits per heavy atom. The molecule has 0 radical (unpaired) electrons. The Balaban J connectivity index is 1.69. The molecule has 1 atom stereocenters. The van der Waals surface area contributed by atoms with Crippen LogP contribution in [0.4, 0.5) is 5.69 Å². The molecule has 0 unspecified atom stereocenters. The summed E-state index contributed by atoms with van der Waals surface area (Å²) in [6.07, 6.45) is 1.33. The van der Waals surface area contributed by atoms with Crippen LogP contribution in [0.15, 0.2) is 53.4 Å². The highest BCUT2D eigenvalue weighted by Gasteiger charge is 2.33. The van der Waals surface area contributed by atoms with Gasteiger partial charge < -0.3 is 10.1 Å². The van der Waals surface area contributed by atoms with E-state index in [0.29, 0.717) is 30.8 Å². The lowest BCUT2D eigenvalue weighted by atomic mass is 9.99. The minimum Gasteiger partial charge on any atom is -0.497 e. The summed E-state index contributed by atoms with van der Waals surface area (Å²) in [4.78, 5) is 12.9. The predicted octanol–water partition coefficient (Wildman–Crippen LogP) is 3.04. The molecule has 1 aliphatic rings. The zero-order valence-electron chi connectivity index (χ0n) is 15.5. The number of carbonyl (C=O) groups is 1. The molecular weight excluding hydrogens is 364 g/mol. The Labute approximate surface area is 160 Å². The fourth-order valence-corrected chi connectivity index (χ4v) is 4.68. The lowest BCUT2D eigenvalue weighted by Crippen LogP contribution is -2.43. The van der Waals surface area contributed by atoms with Crippen molar-refractivity contribution in [1.29, 1.82) is 0 Å². The molecule has 1 saturated heterocycles. The van der Waals surface area contributed by atoms with Crippen molar-refractivity contribution in [3.8, 4) is 5.75 Å². The van der Waals surface area contributed by atoms with Gasteiger partial charge in [-0.3, -0.25) is 4.79 Å². The number of methoxy groups -OCH3 is 1. The predicted molar refractivity (Wildman–Crippen MR) is 104 cm³/mol. The minimum atomic E-state index is -3.59. The number of nitrogens with one attached hydrogen (secondary N) is 1. The molecule has 0 saturated carbocycles. The first-order chi connectivity index (χ1) is 12.9. The summed E-state index contributed by atoms with van der Waals surface area (Å²) in [6, 6.07) is 13.9. The Morgan fingerprint density at radius 3 is 2.41 bits per heavy atom. The third kappa shape index (κ3) is 4.48. The fraction of sp³-hybridized carbons (Fsp3) is 0.350. The van der Waals surface area contributed by atoms with Crippen LogP contribution in [0.2, 0.25) is 0 Å². The number of anilines is 1. The fourth-order valence-electron chi connectivity index (χ4n) is 3.15. The molecule has 7 heteroatoms. The van der Waals surface area contributed by atoms with Crippen LogP contribution >= 0.6 is 0 Å². The van der Waals surface area contributed by atoms with Gasteiger partial charge in [0.2, 0.25) is 15.9 Å². The molecule has 1 amide bonds. The number of aryl methyl sites for hydroxylation is 1. The van der Waals surface area contributed by atoms with Crippen LogP contribution in [0.1, 0.15) is 18.4 Å². The van der Waals surface area contributed by atoms with Crippen molar-refractivity contribution >= 4 is 21.6 Å². The van der Waals surface area contributed by atoms with Crippen molar-refractivity contribution < 1.29 is 17.9 Å². The molecule has 0 aromatic heterocycles. The number of piperidine rings is 1. The molecule has 1 aliphatic heterocycles. The maximum Gasteiger partial charge on any atom is 0.243 e. The Morgan fingerprint density at radius 1 is 1.11 bits per heavy atom. The normalized spacial score (nSPS) is 18.1. The van der Waals surface area contributed by atoms with Gasteiger partial charge in [0.1, 0.15) is 5.75 Å². The van der Waals surface area contributed by atoms with Crippen LogP contribution in [0.25, 0.3) is 0 Å². The molecule has 0 aliphatic carbocycles. The molecule has 0 spiro atoms. The Hall–Kier alpha value is -2.38. The Bertz CT molecular complexity index is 893. The van der Waals surface area contributed by atoms with Gasteiger partial charge in [-0.15, -0.1) is 0 Å². The first kappa shape index (κ1) is 19.4. The average molecular weight is 388 g/mol. The van der Waals surface area contributed by atoms with E-state index in [-0.39, 0.29) is 23.3 Å². The number of benzene rings is 2. The Kier molecular flexibility index (Phi) is 5.82.